The summed E-state index contributed by atoms with van der Waals surface area (Å²) in [5.41, 5.74) is 2.26. The second-order valence-electron chi connectivity index (χ2n) is 4.57. The Labute approximate surface area is 78.8 Å². The molecule has 0 amide bonds. The first-order valence-corrected chi connectivity index (χ1v) is 4.61. The van der Waals surface area contributed by atoms with Gasteiger partial charge in [-0.15, -0.1) is 0 Å². The summed E-state index contributed by atoms with van der Waals surface area (Å²) < 4.78 is 5.23. The molecule has 0 saturated heterocycles. The average Bonchev–Trinajstić information content (AvgIpc) is 1.79. The molecular formula is C9H18N2O2. The number of carbonyl (C=O) groups is 1. The van der Waals surface area contributed by atoms with Gasteiger partial charge >= 0.3 is 5.97 Å². The Morgan fingerprint density at radius 2 is 2.00 bits per heavy atom. The molecule has 1 rings (SSSR count). The Hall–Kier alpha value is -0.610. The summed E-state index contributed by atoms with van der Waals surface area (Å²) in [5.74, 6) is 5.17. The number of carbonyl (C=O) groups excluding carboxylic acids is 1. The van der Waals surface area contributed by atoms with Gasteiger partial charge in [0, 0.05) is 6.04 Å². The molecule has 4 heteroatoms. The quantitative estimate of drug-likeness (QED) is 0.376. The van der Waals surface area contributed by atoms with Crippen LogP contribution < -0.4 is 11.3 Å². The van der Waals surface area contributed by atoms with Gasteiger partial charge in [0.2, 0.25) is 0 Å². The number of hydrazine groups is 1. The van der Waals surface area contributed by atoms with Crippen molar-refractivity contribution >= 4 is 5.97 Å². The van der Waals surface area contributed by atoms with Gasteiger partial charge < -0.3 is 4.74 Å². The van der Waals surface area contributed by atoms with Crippen LogP contribution in [-0.2, 0) is 9.53 Å². The van der Waals surface area contributed by atoms with Crippen LogP contribution >= 0.6 is 0 Å². The molecule has 0 bridgehead atoms. The van der Waals surface area contributed by atoms with Crippen molar-refractivity contribution in [3.63, 3.8) is 0 Å². The monoisotopic (exact) mass is 186 g/mol. The number of rotatable bonds is 2. The molecule has 1 aliphatic carbocycles. The minimum absolute atomic E-state index is 0.0419. The zero-order valence-electron chi connectivity index (χ0n) is 8.46. The van der Waals surface area contributed by atoms with Gasteiger partial charge in [-0.05, 0) is 33.6 Å². The summed E-state index contributed by atoms with van der Waals surface area (Å²) in [7, 11) is 0. The number of ether oxygens (including phenoxy) is 1. The Kier molecular flexibility index (Phi) is 2.93. The van der Waals surface area contributed by atoms with Crippen LogP contribution in [0.3, 0.4) is 0 Å². The van der Waals surface area contributed by atoms with E-state index in [1.165, 1.54) is 0 Å². The van der Waals surface area contributed by atoms with Crippen LogP contribution in [0.5, 0.6) is 0 Å². The zero-order valence-corrected chi connectivity index (χ0v) is 8.46. The highest BCUT2D eigenvalue weighted by atomic mass is 16.6. The third-order valence-corrected chi connectivity index (χ3v) is 2.11. The maximum absolute atomic E-state index is 11.4. The molecule has 1 fully saturated rings. The van der Waals surface area contributed by atoms with Gasteiger partial charge in [0.25, 0.3) is 0 Å². The molecule has 13 heavy (non-hydrogen) atoms. The highest BCUT2D eigenvalue weighted by Gasteiger charge is 2.36. The highest BCUT2D eigenvalue weighted by Crippen LogP contribution is 2.29. The third-order valence-electron chi connectivity index (χ3n) is 2.11. The SMILES string of the molecule is CC(C)(C)OC(=O)[C@H]1C[C@H](NN)C1. The van der Waals surface area contributed by atoms with E-state index in [2.05, 4.69) is 5.43 Å². The van der Waals surface area contributed by atoms with E-state index in [4.69, 9.17) is 10.6 Å². The predicted molar refractivity (Wildman–Crippen MR) is 49.7 cm³/mol. The van der Waals surface area contributed by atoms with E-state index >= 15 is 0 Å². The summed E-state index contributed by atoms with van der Waals surface area (Å²) in [5, 5.41) is 0. The molecule has 0 heterocycles. The van der Waals surface area contributed by atoms with Gasteiger partial charge in [-0.2, -0.15) is 0 Å². The second kappa shape index (κ2) is 3.64. The van der Waals surface area contributed by atoms with Crippen LogP contribution in [0, 0.1) is 5.92 Å². The fraction of sp³-hybridized carbons (Fsp3) is 0.889. The van der Waals surface area contributed by atoms with Gasteiger partial charge in [-0.1, -0.05) is 0 Å². The summed E-state index contributed by atoms with van der Waals surface area (Å²) in [6.07, 6.45) is 1.59. The van der Waals surface area contributed by atoms with Crippen LogP contribution in [0.15, 0.2) is 0 Å². The molecule has 0 aromatic heterocycles. The Balaban J connectivity index is 2.27. The van der Waals surface area contributed by atoms with Gasteiger partial charge in [0.05, 0.1) is 5.92 Å². The topological polar surface area (TPSA) is 64.3 Å². The van der Waals surface area contributed by atoms with Crippen LogP contribution in [0.4, 0.5) is 0 Å². The molecule has 0 atom stereocenters. The molecule has 0 unspecified atom stereocenters. The minimum atomic E-state index is -0.377. The van der Waals surface area contributed by atoms with Crippen molar-refractivity contribution < 1.29 is 9.53 Å². The lowest BCUT2D eigenvalue weighted by Crippen LogP contribution is -2.48. The van der Waals surface area contributed by atoms with Crippen molar-refractivity contribution in [2.45, 2.75) is 45.3 Å². The van der Waals surface area contributed by atoms with Gasteiger partial charge in [0.15, 0.2) is 0 Å². The van der Waals surface area contributed by atoms with E-state index in [1.54, 1.807) is 0 Å². The van der Waals surface area contributed by atoms with E-state index in [0.717, 1.165) is 12.8 Å². The lowest BCUT2D eigenvalue weighted by Gasteiger charge is -2.34. The van der Waals surface area contributed by atoms with Crippen LogP contribution in [0.1, 0.15) is 33.6 Å². The van der Waals surface area contributed by atoms with E-state index in [-0.39, 0.29) is 23.5 Å². The Bertz CT molecular complexity index is 192. The molecule has 1 aliphatic rings. The van der Waals surface area contributed by atoms with Crippen molar-refractivity contribution in [3.05, 3.63) is 0 Å². The van der Waals surface area contributed by atoms with Crippen molar-refractivity contribution in [1.29, 1.82) is 0 Å². The molecule has 1 saturated carbocycles. The number of hydrogen-bond acceptors (Lipinski definition) is 4. The first kappa shape index (κ1) is 10.5. The van der Waals surface area contributed by atoms with Crippen LogP contribution in [-0.4, -0.2) is 17.6 Å². The van der Waals surface area contributed by atoms with E-state index < -0.39 is 0 Å². The molecule has 4 nitrogen and oxygen atoms in total. The molecule has 0 aromatic rings. The van der Waals surface area contributed by atoms with Crippen molar-refractivity contribution in [3.8, 4) is 0 Å². The normalized spacial score (nSPS) is 28.0. The van der Waals surface area contributed by atoms with Crippen LogP contribution in [0.25, 0.3) is 0 Å². The third kappa shape index (κ3) is 2.97. The first-order valence-electron chi connectivity index (χ1n) is 4.61. The molecule has 0 radical (unpaired) electrons. The Morgan fingerprint density at radius 3 is 2.38 bits per heavy atom. The maximum atomic E-state index is 11.4. The smallest absolute Gasteiger partial charge is 0.309 e. The Morgan fingerprint density at radius 1 is 1.46 bits per heavy atom. The fourth-order valence-electron chi connectivity index (χ4n) is 1.33. The molecule has 0 aromatic carbocycles. The molecule has 3 N–H and O–H groups in total. The lowest BCUT2D eigenvalue weighted by molar-refractivity contribution is -0.163. The van der Waals surface area contributed by atoms with Crippen molar-refractivity contribution in [1.82, 2.24) is 5.43 Å². The molecule has 76 valence electrons. The van der Waals surface area contributed by atoms with E-state index in [1.807, 2.05) is 20.8 Å². The molecule has 0 aliphatic heterocycles. The number of esters is 1. The second-order valence-corrected chi connectivity index (χ2v) is 4.57. The largest absolute Gasteiger partial charge is 0.460 e. The van der Waals surface area contributed by atoms with Crippen LogP contribution in [0.2, 0.25) is 0 Å². The average molecular weight is 186 g/mol. The van der Waals surface area contributed by atoms with E-state index in [9.17, 15) is 4.79 Å². The summed E-state index contributed by atoms with van der Waals surface area (Å²) in [6, 6.07) is 0.289. The number of nitrogens with one attached hydrogen (secondary N) is 1. The van der Waals surface area contributed by atoms with Crippen molar-refractivity contribution in [2.75, 3.05) is 0 Å². The minimum Gasteiger partial charge on any atom is -0.460 e. The standard InChI is InChI=1S/C9H18N2O2/c1-9(2,3)13-8(12)6-4-7(5-6)11-10/h6-7,11H,4-5,10H2,1-3H3/t6-,7-. The van der Waals surface area contributed by atoms with Gasteiger partial charge in [-0.3, -0.25) is 16.1 Å². The van der Waals surface area contributed by atoms with E-state index in [0.29, 0.717) is 0 Å². The van der Waals surface area contributed by atoms with Gasteiger partial charge in [0.1, 0.15) is 5.60 Å². The first-order chi connectivity index (χ1) is 5.92. The summed E-state index contributed by atoms with van der Waals surface area (Å²) in [4.78, 5) is 11.4. The summed E-state index contributed by atoms with van der Waals surface area (Å²) >= 11 is 0. The number of hydrogen-bond donors (Lipinski definition) is 2. The fourth-order valence-corrected chi connectivity index (χ4v) is 1.33. The molecule has 0 spiro atoms. The number of nitrogens with two attached hydrogens (primary N) is 1. The van der Waals surface area contributed by atoms with Gasteiger partial charge in [-0.25, -0.2) is 0 Å². The summed E-state index contributed by atoms with van der Waals surface area (Å²) in [6.45, 7) is 5.63. The molecular weight excluding hydrogens is 168 g/mol. The zero-order chi connectivity index (χ0) is 10.1. The van der Waals surface area contributed by atoms with Crippen molar-refractivity contribution in [2.24, 2.45) is 11.8 Å². The predicted octanol–water partition coefficient (Wildman–Crippen LogP) is 0.570. The highest BCUT2D eigenvalue weighted by molar-refractivity contribution is 5.74. The maximum Gasteiger partial charge on any atom is 0.309 e. The lowest BCUT2D eigenvalue weighted by atomic mass is 9.80.